The van der Waals surface area contributed by atoms with E-state index in [1.165, 1.54) is 11.3 Å². The Kier molecular flexibility index (Phi) is 4.50. The van der Waals surface area contributed by atoms with Crippen molar-refractivity contribution in [1.29, 1.82) is 0 Å². The number of hydrogen-bond acceptors (Lipinski definition) is 4. The fourth-order valence-corrected chi connectivity index (χ4v) is 4.30. The van der Waals surface area contributed by atoms with Crippen LogP contribution in [0.25, 0.3) is 21.0 Å². The molecular formula is C24H17N3OS. The molecule has 0 saturated heterocycles. The second kappa shape index (κ2) is 7.45. The van der Waals surface area contributed by atoms with Gasteiger partial charge in [0, 0.05) is 11.8 Å². The van der Waals surface area contributed by atoms with Crippen molar-refractivity contribution >= 4 is 43.4 Å². The first-order valence-electron chi connectivity index (χ1n) is 9.34. The zero-order chi connectivity index (χ0) is 19.6. The lowest BCUT2D eigenvalue weighted by Gasteiger charge is -2.20. The number of amides is 1. The Morgan fingerprint density at radius 3 is 2.48 bits per heavy atom. The molecule has 0 aliphatic carbocycles. The number of aromatic nitrogens is 2. The predicted molar refractivity (Wildman–Crippen MR) is 118 cm³/mol. The fraction of sp³-hybridized carbons (Fsp3) is 0.0417. The number of pyridine rings is 1. The third-order valence-electron chi connectivity index (χ3n) is 4.80. The van der Waals surface area contributed by atoms with Gasteiger partial charge in [-0.3, -0.25) is 14.7 Å². The van der Waals surface area contributed by atoms with Gasteiger partial charge in [-0.2, -0.15) is 0 Å². The van der Waals surface area contributed by atoms with Crippen LogP contribution in [0.4, 0.5) is 5.13 Å². The third kappa shape index (κ3) is 3.48. The van der Waals surface area contributed by atoms with Gasteiger partial charge in [-0.15, -0.1) is 0 Å². The van der Waals surface area contributed by atoms with E-state index in [-0.39, 0.29) is 5.91 Å². The van der Waals surface area contributed by atoms with Gasteiger partial charge in [-0.25, -0.2) is 4.98 Å². The van der Waals surface area contributed by atoms with E-state index < -0.39 is 0 Å². The van der Waals surface area contributed by atoms with Crippen LogP contribution in [0, 0.1) is 0 Å². The zero-order valence-corrected chi connectivity index (χ0v) is 16.3. The number of thiazole rings is 1. The van der Waals surface area contributed by atoms with Gasteiger partial charge >= 0.3 is 0 Å². The highest BCUT2D eigenvalue weighted by atomic mass is 32.1. The van der Waals surface area contributed by atoms with Gasteiger partial charge < -0.3 is 0 Å². The number of rotatable bonds is 4. The van der Waals surface area contributed by atoms with E-state index in [4.69, 9.17) is 4.98 Å². The van der Waals surface area contributed by atoms with E-state index >= 15 is 0 Å². The van der Waals surface area contributed by atoms with Crippen molar-refractivity contribution in [2.24, 2.45) is 0 Å². The molecule has 0 N–H and O–H groups in total. The minimum Gasteiger partial charge on any atom is -0.278 e. The average molecular weight is 395 g/mol. The second-order valence-electron chi connectivity index (χ2n) is 6.74. The van der Waals surface area contributed by atoms with E-state index in [9.17, 15) is 4.79 Å². The standard InChI is InChI=1S/C24H17N3OS/c28-23(19-13-12-17-7-1-2-8-18(17)15-19)27(16-20-9-5-6-14-25-20)24-26-21-10-3-4-11-22(21)29-24/h1-15H,16H2. The lowest BCUT2D eigenvalue weighted by Crippen LogP contribution is -2.30. The topological polar surface area (TPSA) is 46.1 Å². The maximum Gasteiger partial charge on any atom is 0.260 e. The molecule has 140 valence electrons. The summed E-state index contributed by atoms with van der Waals surface area (Å²) >= 11 is 1.52. The molecule has 5 rings (SSSR count). The highest BCUT2D eigenvalue weighted by Crippen LogP contribution is 2.31. The fourth-order valence-electron chi connectivity index (χ4n) is 3.33. The molecule has 2 heterocycles. The van der Waals surface area contributed by atoms with Crippen LogP contribution < -0.4 is 4.90 Å². The normalized spacial score (nSPS) is 11.0. The summed E-state index contributed by atoms with van der Waals surface area (Å²) in [6.45, 7) is 0.367. The van der Waals surface area contributed by atoms with Crippen LogP contribution in [0.2, 0.25) is 0 Å². The van der Waals surface area contributed by atoms with Crippen molar-refractivity contribution in [2.75, 3.05) is 4.90 Å². The second-order valence-corrected chi connectivity index (χ2v) is 7.75. The predicted octanol–water partition coefficient (Wildman–Crippen LogP) is 5.69. The average Bonchev–Trinajstić information content (AvgIpc) is 3.21. The third-order valence-corrected chi connectivity index (χ3v) is 5.86. The monoisotopic (exact) mass is 395 g/mol. The summed E-state index contributed by atoms with van der Waals surface area (Å²) in [7, 11) is 0. The molecule has 4 nitrogen and oxygen atoms in total. The highest BCUT2D eigenvalue weighted by molar-refractivity contribution is 7.22. The van der Waals surface area contributed by atoms with Gasteiger partial charge in [0.25, 0.3) is 5.91 Å². The highest BCUT2D eigenvalue weighted by Gasteiger charge is 2.22. The Labute approximate surface area is 172 Å². The quantitative estimate of drug-likeness (QED) is 0.393. The molecule has 0 bridgehead atoms. The molecule has 0 aliphatic rings. The van der Waals surface area contributed by atoms with Crippen molar-refractivity contribution < 1.29 is 4.79 Å². The molecule has 0 unspecified atom stereocenters. The molecule has 0 atom stereocenters. The minimum absolute atomic E-state index is 0.0829. The number of hydrogen-bond donors (Lipinski definition) is 0. The minimum atomic E-state index is -0.0829. The Balaban J connectivity index is 1.58. The number of carbonyl (C=O) groups excluding carboxylic acids is 1. The van der Waals surface area contributed by atoms with E-state index in [1.807, 2.05) is 84.9 Å². The Morgan fingerprint density at radius 2 is 1.66 bits per heavy atom. The van der Waals surface area contributed by atoms with Gasteiger partial charge in [-0.1, -0.05) is 59.9 Å². The van der Waals surface area contributed by atoms with Crippen LogP contribution in [-0.2, 0) is 6.54 Å². The maximum absolute atomic E-state index is 13.5. The molecule has 0 spiro atoms. The van der Waals surface area contributed by atoms with Crippen LogP contribution in [-0.4, -0.2) is 15.9 Å². The SMILES string of the molecule is O=C(c1ccc2ccccc2c1)N(Cc1ccccn1)c1nc2ccccc2s1. The number of para-hydroxylation sites is 1. The molecule has 1 amide bonds. The van der Waals surface area contributed by atoms with Gasteiger partial charge in [-0.05, 0) is 47.2 Å². The first-order chi connectivity index (χ1) is 14.3. The maximum atomic E-state index is 13.5. The summed E-state index contributed by atoms with van der Waals surface area (Å²) < 4.78 is 1.06. The number of nitrogens with zero attached hydrogens (tertiary/aromatic N) is 3. The van der Waals surface area contributed by atoms with Crippen LogP contribution in [0.3, 0.4) is 0 Å². The molecule has 0 fully saturated rings. The number of benzene rings is 3. The summed E-state index contributed by atoms with van der Waals surface area (Å²) in [5.74, 6) is -0.0829. The van der Waals surface area contributed by atoms with E-state index in [0.29, 0.717) is 17.2 Å². The molecule has 5 heteroatoms. The lowest BCUT2D eigenvalue weighted by atomic mass is 10.1. The van der Waals surface area contributed by atoms with E-state index in [1.54, 1.807) is 11.1 Å². The van der Waals surface area contributed by atoms with E-state index in [2.05, 4.69) is 4.98 Å². The van der Waals surface area contributed by atoms with Crippen molar-refractivity contribution in [3.63, 3.8) is 0 Å². The Morgan fingerprint density at radius 1 is 0.862 bits per heavy atom. The molecule has 0 radical (unpaired) electrons. The molecule has 3 aromatic carbocycles. The van der Waals surface area contributed by atoms with Gasteiger partial charge in [0.05, 0.1) is 22.5 Å². The molecule has 0 saturated carbocycles. The number of fused-ring (bicyclic) bond motifs is 2. The van der Waals surface area contributed by atoms with Crippen molar-refractivity contribution in [2.45, 2.75) is 6.54 Å². The van der Waals surface area contributed by atoms with Gasteiger partial charge in [0.15, 0.2) is 5.13 Å². The first kappa shape index (κ1) is 17.5. The van der Waals surface area contributed by atoms with Crippen LogP contribution in [0.15, 0.2) is 91.1 Å². The van der Waals surface area contributed by atoms with Crippen molar-refractivity contribution in [3.05, 3.63) is 102 Å². The number of anilines is 1. The summed E-state index contributed by atoms with van der Waals surface area (Å²) in [6.07, 6.45) is 1.74. The molecular weight excluding hydrogens is 378 g/mol. The first-order valence-corrected chi connectivity index (χ1v) is 10.2. The van der Waals surface area contributed by atoms with Crippen LogP contribution in [0.5, 0.6) is 0 Å². The Hall–Kier alpha value is -3.57. The van der Waals surface area contributed by atoms with Crippen LogP contribution in [0.1, 0.15) is 16.1 Å². The smallest absolute Gasteiger partial charge is 0.260 e. The molecule has 5 aromatic rings. The molecule has 29 heavy (non-hydrogen) atoms. The van der Waals surface area contributed by atoms with Crippen molar-refractivity contribution in [3.8, 4) is 0 Å². The molecule has 0 aliphatic heterocycles. The van der Waals surface area contributed by atoms with Crippen LogP contribution >= 0.6 is 11.3 Å². The Bertz CT molecular complexity index is 1280. The largest absolute Gasteiger partial charge is 0.278 e. The summed E-state index contributed by atoms with van der Waals surface area (Å²) in [6, 6.07) is 27.5. The van der Waals surface area contributed by atoms with Gasteiger partial charge in [0.2, 0.25) is 0 Å². The summed E-state index contributed by atoms with van der Waals surface area (Å²) in [4.78, 5) is 24.4. The van der Waals surface area contributed by atoms with Crippen molar-refractivity contribution in [1.82, 2.24) is 9.97 Å². The van der Waals surface area contributed by atoms with E-state index in [0.717, 1.165) is 26.7 Å². The summed E-state index contributed by atoms with van der Waals surface area (Å²) in [5, 5.41) is 2.83. The lowest BCUT2D eigenvalue weighted by molar-refractivity contribution is 0.0985. The van der Waals surface area contributed by atoms with Gasteiger partial charge in [0.1, 0.15) is 0 Å². The molecule has 2 aromatic heterocycles. The zero-order valence-electron chi connectivity index (χ0n) is 15.5. The summed E-state index contributed by atoms with van der Waals surface area (Å²) in [5.41, 5.74) is 2.35. The number of carbonyl (C=O) groups is 1.